The zero-order valence-electron chi connectivity index (χ0n) is 9.04. The quantitative estimate of drug-likeness (QED) is 0.474. The average Bonchev–Trinajstić information content (AvgIpc) is 2.90. The molecule has 2 atom stereocenters. The maximum Gasteiger partial charge on any atom is 0.0699 e. The summed E-state index contributed by atoms with van der Waals surface area (Å²) in [5.74, 6) is 0.863. The van der Waals surface area contributed by atoms with Gasteiger partial charge in [-0.25, -0.2) is 4.52 Å². The van der Waals surface area contributed by atoms with Crippen LogP contribution in [0.1, 0.15) is 23.6 Å². The highest BCUT2D eigenvalue weighted by Gasteiger charge is 2.38. The van der Waals surface area contributed by atoms with Gasteiger partial charge in [0.1, 0.15) is 0 Å². The van der Waals surface area contributed by atoms with Gasteiger partial charge in [0.2, 0.25) is 0 Å². The first-order valence-electron chi connectivity index (χ1n) is 5.42. The smallest absolute Gasteiger partial charge is 0.0699 e. The van der Waals surface area contributed by atoms with Gasteiger partial charge in [-0.2, -0.15) is 5.10 Å². The Kier molecular flexibility index (Phi) is 1.96. The molecule has 4 nitrogen and oxygen atoms in total. The summed E-state index contributed by atoms with van der Waals surface area (Å²) in [4.78, 5) is 0. The van der Waals surface area contributed by atoms with Crippen LogP contribution in [0.15, 0.2) is 29.6 Å². The van der Waals surface area contributed by atoms with Crippen LogP contribution in [-0.4, -0.2) is 21.0 Å². The first-order chi connectivity index (χ1) is 7.79. The molecule has 4 heteroatoms. The molecule has 0 aliphatic heterocycles. The van der Waals surface area contributed by atoms with Crippen LogP contribution in [0.3, 0.4) is 0 Å². The van der Waals surface area contributed by atoms with Crippen molar-refractivity contribution in [3.05, 3.63) is 35.7 Å². The highest BCUT2D eigenvalue weighted by atomic mass is 16.4. The molecule has 0 amide bonds. The molecule has 2 aromatic rings. The van der Waals surface area contributed by atoms with Crippen LogP contribution in [0.5, 0.6) is 0 Å². The molecule has 1 fully saturated rings. The highest BCUT2D eigenvalue weighted by molar-refractivity contribution is 5.69. The summed E-state index contributed by atoms with van der Waals surface area (Å²) >= 11 is 0. The number of pyridine rings is 1. The van der Waals surface area contributed by atoms with Crippen LogP contribution in [0.25, 0.3) is 5.52 Å². The normalized spacial score (nSPS) is 24.3. The first-order valence-corrected chi connectivity index (χ1v) is 5.42. The topological polar surface area (TPSA) is 49.9 Å². The van der Waals surface area contributed by atoms with Gasteiger partial charge in [0.05, 0.1) is 11.2 Å². The lowest BCUT2D eigenvalue weighted by Crippen LogP contribution is -1.92. The monoisotopic (exact) mass is 215 g/mol. The zero-order valence-corrected chi connectivity index (χ0v) is 9.04. The van der Waals surface area contributed by atoms with Crippen molar-refractivity contribution in [3.8, 4) is 0 Å². The van der Waals surface area contributed by atoms with Gasteiger partial charge in [0, 0.05) is 18.3 Å². The lowest BCUT2D eigenvalue weighted by atomic mass is 10.1. The average molecular weight is 215 g/mol. The number of nitrogens with zero attached hydrogens (tertiary/aromatic N) is 3. The summed E-state index contributed by atoms with van der Waals surface area (Å²) in [7, 11) is 0. The Bertz CT molecular complexity index is 558. The Labute approximate surface area is 93.2 Å². The number of aromatic nitrogens is 2. The van der Waals surface area contributed by atoms with E-state index in [0.29, 0.717) is 11.8 Å². The molecule has 82 valence electrons. The van der Waals surface area contributed by atoms with E-state index < -0.39 is 0 Å². The molecule has 1 aliphatic rings. The molecule has 0 saturated heterocycles. The predicted octanol–water partition coefficient (Wildman–Crippen LogP) is 2.21. The van der Waals surface area contributed by atoms with Gasteiger partial charge >= 0.3 is 0 Å². The lowest BCUT2D eigenvalue weighted by molar-refractivity contribution is 0.320. The van der Waals surface area contributed by atoms with E-state index in [4.69, 9.17) is 5.21 Å². The fourth-order valence-corrected chi connectivity index (χ4v) is 2.30. The van der Waals surface area contributed by atoms with E-state index in [1.807, 2.05) is 23.7 Å². The summed E-state index contributed by atoms with van der Waals surface area (Å²) in [5.41, 5.74) is 3.49. The number of rotatable bonds is 2. The Morgan fingerprint density at radius 2 is 2.50 bits per heavy atom. The number of hydrogen-bond acceptors (Lipinski definition) is 3. The van der Waals surface area contributed by atoms with Crippen LogP contribution >= 0.6 is 0 Å². The molecule has 2 unspecified atom stereocenters. The van der Waals surface area contributed by atoms with E-state index in [-0.39, 0.29) is 0 Å². The van der Waals surface area contributed by atoms with Crippen molar-refractivity contribution < 1.29 is 5.21 Å². The molecule has 3 rings (SSSR count). The summed E-state index contributed by atoms with van der Waals surface area (Å²) in [6.45, 7) is 2.00. The highest BCUT2D eigenvalue weighted by Crippen LogP contribution is 2.47. The molecule has 0 aromatic carbocycles. The van der Waals surface area contributed by atoms with Crippen LogP contribution in [-0.2, 0) is 0 Å². The maximum atomic E-state index is 8.51. The van der Waals surface area contributed by atoms with Crippen molar-refractivity contribution in [2.45, 2.75) is 19.3 Å². The van der Waals surface area contributed by atoms with Gasteiger partial charge in [-0.3, -0.25) is 0 Å². The molecular weight excluding hydrogens is 202 g/mol. The third-order valence-electron chi connectivity index (χ3n) is 3.15. The van der Waals surface area contributed by atoms with Crippen molar-refractivity contribution in [3.63, 3.8) is 0 Å². The van der Waals surface area contributed by atoms with Gasteiger partial charge < -0.3 is 5.21 Å². The van der Waals surface area contributed by atoms with E-state index in [0.717, 1.165) is 12.1 Å². The summed E-state index contributed by atoms with van der Waals surface area (Å²) in [5, 5.41) is 16.0. The Morgan fingerprint density at radius 1 is 1.62 bits per heavy atom. The second kappa shape index (κ2) is 3.33. The van der Waals surface area contributed by atoms with Crippen LogP contribution in [0.4, 0.5) is 0 Å². The summed E-state index contributed by atoms with van der Waals surface area (Å²) in [6, 6.07) is 6.24. The summed E-state index contributed by atoms with van der Waals surface area (Å²) < 4.78 is 1.91. The minimum Gasteiger partial charge on any atom is -0.411 e. The van der Waals surface area contributed by atoms with Gasteiger partial charge in [-0.1, -0.05) is 6.07 Å². The van der Waals surface area contributed by atoms with E-state index in [1.54, 1.807) is 6.21 Å². The number of hydrogen-bond donors (Lipinski definition) is 1. The second-order valence-corrected chi connectivity index (χ2v) is 4.35. The number of oxime groups is 1. The third kappa shape index (κ3) is 1.38. The molecule has 0 spiro atoms. The largest absolute Gasteiger partial charge is 0.411 e. The van der Waals surface area contributed by atoms with Gasteiger partial charge in [-0.15, -0.1) is 5.16 Å². The van der Waals surface area contributed by atoms with Gasteiger partial charge in [-0.05, 0) is 37.0 Å². The lowest BCUT2D eigenvalue weighted by Gasteiger charge is -2.01. The molecule has 16 heavy (non-hydrogen) atoms. The molecule has 1 saturated carbocycles. The van der Waals surface area contributed by atoms with E-state index in [9.17, 15) is 0 Å². The van der Waals surface area contributed by atoms with Crippen molar-refractivity contribution in [1.82, 2.24) is 9.61 Å². The van der Waals surface area contributed by atoms with E-state index in [1.165, 1.54) is 11.1 Å². The molecule has 2 aromatic heterocycles. The van der Waals surface area contributed by atoms with E-state index in [2.05, 4.69) is 22.4 Å². The fraction of sp³-hybridized carbons (Fsp3) is 0.333. The Balaban J connectivity index is 2.04. The second-order valence-electron chi connectivity index (χ2n) is 4.35. The molecule has 1 aliphatic carbocycles. The first kappa shape index (κ1) is 9.39. The van der Waals surface area contributed by atoms with Crippen molar-refractivity contribution in [2.75, 3.05) is 0 Å². The SMILES string of the molecule is Cc1cc2c(C3CC3C=NO)cccn2n1. The third-order valence-corrected chi connectivity index (χ3v) is 3.15. The molecule has 2 heterocycles. The number of aryl methyl sites for hydroxylation is 1. The van der Waals surface area contributed by atoms with Crippen LogP contribution < -0.4 is 0 Å². The fourth-order valence-electron chi connectivity index (χ4n) is 2.30. The molecule has 1 N–H and O–H groups in total. The minimum atomic E-state index is 0.381. The van der Waals surface area contributed by atoms with E-state index >= 15 is 0 Å². The summed E-state index contributed by atoms with van der Waals surface area (Å²) in [6.07, 6.45) is 4.65. The van der Waals surface area contributed by atoms with Gasteiger partial charge in [0.25, 0.3) is 0 Å². The molecular formula is C12H13N3O. The van der Waals surface area contributed by atoms with Gasteiger partial charge in [0.15, 0.2) is 0 Å². The molecule has 0 bridgehead atoms. The Morgan fingerprint density at radius 3 is 3.31 bits per heavy atom. The minimum absolute atomic E-state index is 0.381. The molecule has 0 radical (unpaired) electrons. The Hall–Kier alpha value is -1.84. The zero-order chi connectivity index (χ0) is 11.1. The maximum absolute atomic E-state index is 8.51. The van der Waals surface area contributed by atoms with Crippen LogP contribution in [0.2, 0.25) is 0 Å². The predicted molar refractivity (Wildman–Crippen MR) is 61.1 cm³/mol. The van der Waals surface area contributed by atoms with Crippen molar-refractivity contribution >= 4 is 11.7 Å². The van der Waals surface area contributed by atoms with Crippen molar-refractivity contribution in [1.29, 1.82) is 0 Å². The van der Waals surface area contributed by atoms with Crippen LogP contribution in [0, 0.1) is 12.8 Å². The van der Waals surface area contributed by atoms with Crippen molar-refractivity contribution in [2.24, 2.45) is 11.1 Å². The number of fused-ring (bicyclic) bond motifs is 1. The standard InChI is InChI=1S/C12H13N3O/c1-8-5-12-10(3-2-4-15(12)14-8)11-6-9(11)7-13-16/h2-5,7,9,11,16H,6H2,1H3.